The Bertz CT molecular complexity index is 1240. The largest absolute Gasteiger partial charge is 0.399 e. The molecule has 31 heavy (non-hydrogen) atoms. The fourth-order valence-corrected chi connectivity index (χ4v) is 3.74. The second kappa shape index (κ2) is 7.95. The van der Waals surface area contributed by atoms with Crippen molar-refractivity contribution in [2.45, 2.75) is 20.0 Å². The monoisotopic (exact) mass is 416 g/mol. The van der Waals surface area contributed by atoms with E-state index in [1.54, 1.807) is 39.9 Å². The maximum Gasteiger partial charge on any atom is 0.322 e. The predicted molar refractivity (Wildman–Crippen MR) is 116 cm³/mol. The maximum atomic E-state index is 13.8. The Morgan fingerprint density at radius 2 is 2.10 bits per heavy atom. The predicted octanol–water partition coefficient (Wildman–Crippen LogP) is 3.85. The Labute approximate surface area is 179 Å². The molecule has 8 heteroatoms. The molecule has 3 N–H and O–H groups in total. The van der Waals surface area contributed by atoms with Crippen molar-refractivity contribution in [1.82, 2.24) is 14.7 Å². The van der Waals surface area contributed by atoms with Crippen molar-refractivity contribution in [3.63, 3.8) is 0 Å². The van der Waals surface area contributed by atoms with E-state index in [0.717, 1.165) is 11.3 Å². The fraction of sp³-hybridized carbons (Fsp3) is 0.174. The number of nitrogens with two attached hydrogens (primary N) is 1. The van der Waals surface area contributed by atoms with Gasteiger partial charge in [-0.1, -0.05) is 18.7 Å². The summed E-state index contributed by atoms with van der Waals surface area (Å²) < 4.78 is 15.5. The van der Waals surface area contributed by atoms with Crippen LogP contribution >= 0.6 is 0 Å². The lowest BCUT2D eigenvalue weighted by Gasteiger charge is -2.28. The molecule has 2 amide bonds. The highest BCUT2D eigenvalue weighted by molar-refractivity contribution is 5.90. The van der Waals surface area contributed by atoms with Crippen LogP contribution in [0.2, 0.25) is 0 Å². The number of aromatic nitrogens is 2. The number of nitrogens with one attached hydrogen (secondary N) is 1. The number of halogens is 1. The lowest BCUT2D eigenvalue weighted by molar-refractivity contribution is 0.194. The molecule has 0 saturated heterocycles. The molecule has 1 aliphatic rings. The van der Waals surface area contributed by atoms with Crippen LogP contribution in [0, 0.1) is 24.1 Å². The topological polar surface area (TPSA) is 100.0 Å². The number of hydrogen-bond donors (Lipinski definition) is 2. The van der Waals surface area contributed by atoms with E-state index >= 15 is 0 Å². The number of carbonyl (C=O) groups excluding carboxylic acids is 1. The summed E-state index contributed by atoms with van der Waals surface area (Å²) in [4.78, 5) is 14.5. The molecule has 0 fully saturated rings. The second-order valence-corrected chi connectivity index (χ2v) is 7.42. The molecule has 4 rings (SSSR count). The summed E-state index contributed by atoms with van der Waals surface area (Å²) >= 11 is 0. The number of hydrogen-bond acceptors (Lipinski definition) is 4. The summed E-state index contributed by atoms with van der Waals surface area (Å²) in [5, 5.41) is 16.6. The number of amides is 2. The number of anilines is 1. The normalized spacial score (nSPS) is 12.7. The molecule has 1 aromatic heterocycles. The van der Waals surface area contributed by atoms with Crippen LogP contribution in [0.4, 0.5) is 14.9 Å². The van der Waals surface area contributed by atoms with Crippen LogP contribution in [0.5, 0.6) is 0 Å². The molecule has 0 radical (unpaired) electrons. The standard InChI is InChI=1S/C23H21FN6O/c1-14-10-19(7-6-17(14)12-25)27-23(31)29-8-9-30-20(13-29)21(15(2)26)22(28-30)16-4-3-5-18(24)11-16/h3-7,10-11H,2,8-9,13,26H2,1H3,(H,27,31). The van der Waals surface area contributed by atoms with Crippen LogP contribution < -0.4 is 11.1 Å². The summed E-state index contributed by atoms with van der Waals surface area (Å²) in [5.41, 5.74) is 10.9. The van der Waals surface area contributed by atoms with Gasteiger partial charge in [0.05, 0.1) is 30.4 Å². The molecule has 0 bridgehead atoms. The molecular weight excluding hydrogens is 395 g/mol. The molecule has 2 aromatic carbocycles. The number of urea groups is 1. The Morgan fingerprint density at radius 1 is 1.29 bits per heavy atom. The number of fused-ring (bicyclic) bond motifs is 1. The zero-order valence-electron chi connectivity index (χ0n) is 17.0. The summed E-state index contributed by atoms with van der Waals surface area (Å²) in [5.74, 6) is -0.365. The van der Waals surface area contributed by atoms with Crippen molar-refractivity contribution in [2.75, 3.05) is 11.9 Å². The van der Waals surface area contributed by atoms with E-state index in [0.29, 0.717) is 46.9 Å². The van der Waals surface area contributed by atoms with Crippen molar-refractivity contribution >= 4 is 17.4 Å². The van der Waals surface area contributed by atoms with Gasteiger partial charge < -0.3 is 16.0 Å². The van der Waals surface area contributed by atoms with Gasteiger partial charge in [0.15, 0.2) is 0 Å². The van der Waals surface area contributed by atoms with Crippen LogP contribution in [0.3, 0.4) is 0 Å². The first-order valence-electron chi connectivity index (χ1n) is 9.74. The third-order valence-corrected chi connectivity index (χ3v) is 5.28. The average molecular weight is 416 g/mol. The van der Waals surface area contributed by atoms with E-state index in [4.69, 9.17) is 11.0 Å². The molecule has 0 spiro atoms. The van der Waals surface area contributed by atoms with Gasteiger partial charge in [0, 0.05) is 29.1 Å². The molecule has 0 unspecified atom stereocenters. The zero-order valence-corrected chi connectivity index (χ0v) is 17.0. The smallest absolute Gasteiger partial charge is 0.322 e. The minimum atomic E-state index is -0.365. The molecular formula is C23H21FN6O. The van der Waals surface area contributed by atoms with Gasteiger partial charge in [-0.3, -0.25) is 4.68 Å². The summed E-state index contributed by atoms with van der Waals surface area (Å²) in [7, 11) is 0. The van der Waals surface area contributed by atoms with Gasteiger partial charge in [0.2, 0.25) is 0 Å². The Kier molecular flexibility index (Phi) is 5.17. The molecule has 0 aliphatic carbocycles. The Morgan fingerprint density at radius 3 is 2.77 bits per heavy atom. The third-order valence-electron chi connectivity index (χ3n) is 5.28. The molecule has 7 nitrogen and oxygen atoms in total. The van der Waals surface area contributed by atoms with Crippen LogP contribution in [-0.2, 0) is 13.1 Å². The molecule has 0 atom stereocenters. The van der Waals surface area contributed by atoms with E-state index in [-0.39, 0.29) is 18.4 Å². The quantitative estimate of drug-likeness (QED) is 0.677. The van der Waals surface area contributed by atoms with Gasteiger partial charge >= 0.3 is 6.03 Å². The van der Waals surface area contributed by atoms with E-state index in [1.807, 2.05) is 6.92 Å². The van der Waals surface area contributed by atoms with Gasteiger partial charge in [0.25, 0.3) is 0 Å². The third kappa shape index (κ3) is 3.85. The van der Waals surface area contributed by atoms with E-state index in [9.17, 15) is 9.18 Å². The van der Waals surface area contributed by atoms with Crippen molar-refractivity contribution in [1.29, 1.82) is 5.26 Å². The summed E-state index contributed by atoms with van der Waals surface area (Å²) in [6, 6.07) is 13.1. The number of carbonyl (C=O) groups is 1. The fourth-order valence-electron chi connectivity index (χ4n) is 3.74. The van der Waals surface area contributed by atoms with Gasteiger partial charge in [-0.25, -0.2) is 9.18 Å². The van der Waals surface area contributed by atoms with Gasteiger partial charge in [-0.15, -0.1) is 0 Å². The number of aryl methyl sites for hydroxylation is 1. The summed E-state index contributed by atoms with van der Waals surface area (Å²) in [6.07, 6.45) is 0. The lowest BCUT2D eigenvalue weighted by atomic mass is 10.0. The lowest BCUT2D eigenvalue weighted by Crippen LogP contribution is -2.41. The Hall–Kier alpha value is -4.12. The average Bonchev–Trinajstić information content (AvgIpc) is 3.13. The molecule has 0 saturated carbocycles. The van der Waals surface area contributed by atoms with Gasteiger partial charge in [-0.05, 0) is 42.8 Å². The molecule has 156 valence electrons. The van der Waals surface area contributed by atoms with Crippen LogP contribution in [0.15, 0.2) is 49.0 Å². The van der Waals surface area contributed by atoms with Gasteiger partial charge in [-0.2, -0.15) is 10.4 Å². The van der Waals surface area contributed by atoms with E-state index in [1.165, 1.54) is 12.1 Å². The number of rotatable bonds is 3. The van der Waals surface area contributed by atoms with Crippen molar-refractivity contribution < 1.29 is 9.18 Å². The number of benzene rings is 2. The minimum Gasteiger partial charge on any atom is -0.399 e. The van der Waals surface area contributed by atoms with Gasteiger partial charge in [0.1, 0.15) is 11.5 Å². The van der Waals surface area contributed by atoms with Crippen LogP contribution in [0.1, 0.15) is 22.4 Å². The SMILES string of the molecule is C=C(N)c1c(-c2cccc(F)c2)nn2c1CN(C(=O)Nc1ccc(C#N)c(C)c1)CC2. The maximum absolute atomic E-state index is 13.8. The van der Waals surface area contributed by atoms with E-state index in [2.05, 4.69) is 23.1 Å². The van der Waals surface area contributed by atoms with Crippen molar-refractivity contribution in [3.8, 4) is 17.3 Å². The summed E-state index contributed by atoms with van der Waals surface area (Å²) in [6.45, 7) is 6.90. The zero-order chi connectivity index (χ0) is 22.1. The Balaban J connectivity index is 1.61. The van der Waals surface area contributed by atoms with Crippen LogP contribution in [-0.4, -0.2) is 27.3 Å². The van der Waals surface area contributed by atoms with Crippen molar-refractivity contribution in [2.24, 2.45) is 5.73 Å². The highest BCUT2D eigenvalue weighted by Crippen LogP contribution is 2.31. The second-order valence-electron chi connectivity index (χ2n) is 7.42. The molecule has 2 heterocycles. The first kappa shape index (κ1) is 20.2. The molecule has 3 aromatic rings. The first-order chi connectivity index (χ1) is 14.9. The highest BCUT2D eigenvalue weighted by atomic mass is 19.1. The molecule has 1 aliphatic heterocycles. The first-order valence-corrected chi connectivity index (χ1v) is 9.74. The number of nitrogens with zero attached hydrogens (tertiary/aromatic N) is 4. The van der Waals surface area contributed by atoms with Crippen molar-refractivity contribution in [3.05, 3.63) is 77.2 Å². The van der Waals surface area contributed by atoms with E-state index < -0.39 is 0 Å². The van der Waals surface area contributed by atoms with Crippen LogP contribution in [0.25, 0.3) is 17.0 Å². The minimum absolute atomic E-state index is 0.266. The highest BCUT2D eigenvalue weighted by Gasteiger charge is 2.28. The number of nitriles is 1.